The Morgan fingerprint density at radius 2 is 1.92 bits per heavy atom. The molecular formula is C20H21NO4. The molecule has 5 heteroatoms. The first-order valence-corrected chi connectivity index (χ1v) is 8.45. The molecule has 1 aromatic heterocycles. The number of rotatable bonds is 6. The Kier molecular flexibility index (Phi) is 4.74. The first kappa shape index (κ1) is 17.0. The van der Waals surface area contributed by atoms with Crippen LogP contribution in [0.4, 0.5) is 0 Å². The van der Waals surface area contributed by atoms with Crippen LogP contribution in [-0.4, -0.2) is 21.7 Å². The standard InChI is InChI=1S/C20H21NO4/c1-3-13-7-9-14(10-8-13)18-17(16(22)4-2)19(23)20(24)21(18)12-15-6-5-11-25-15/h5-11,18,23H,3-4,12H2,1-2H3. The minimum absolute atomic E-state index is 0.170. The quantitative estimate of drug-likeness (QED) is 0.871. The molecule has 0 saturated heterocycles. The lowest BCUT2D eigenvalue weighted by atomic mass is 9.94. The lowest BCUT2D eigenvalue weighted by molar-refractivity contribution is -0.130. The highest BCUT2D eigenvalue weighted by Gasteiger charge is 2.43. The molecule has 1 amide bonds. The summed E-state index contributed by atoms with van der Waals surface area (Å²) < 4.78 is 5.34. The summed E-state index contributed by atoms with van der Waals surface area (Å²) in [6, 6.07) is 10.7. The number of carbonyl (C=O) groups excluding carboxylic acids is 2. The van der Waals surface area contributed by atoms with Crippen molar-refractivity contribution < 1.29 is 19.1 Å². The molecule has 3 rings (SSSR count). The summed E-state index contributed by atoms with van der Waals surface area (Å²) in [7, 11) is 0. The van der Waals surface area contributed by atoms with E-state index in [2.05, 4.69) is 6.92 Å². The van der Waals surface area contributed by atoms with Crippen molar-refractivity contribution in [2.24, 2.45) is 0 Å². The van der Waals surface area contributed by atoms with Crippen LogP contribution in [-0.2, 0) is 22.6 Å². The second-order valence-corrected chi connectivity index (χ2v) is 6.05. The maximum Gasteiger partial charge on any atom is 0.290 e. The molecule has 0 bridgehead atoms. The van der Waals surface area contributed by atoms with Gasteiger partial charge in [0.1, 0.15) is 5.76 Å². The third kappa shape index (κ3) is 3.09. The van der Waals surface area contributed by atoms with Crippen molar-refractivity contribution in [2.75, 3.05) is 0 Å². The zero-order chi connectivity index (χ0) is 18.0. The number of nitrogens with zero attached hydrogens (tertiary/aromatic N) is 1. The van der Waals surface area contributed by atoms with Crippen molar-refractivity contribution >= 4 is 11.7 Å². The van der Waals surface area contributed by atoms with Crippen molar-refractivity contribution in [3.05, 3.63) is 70.9 Å². The molecule has 2 aromatic rings. The Hall–Kier alpha value is -2.82. The molecule has 1 aromatic carbocycles. The van der Waals surface area contributed by atoms with Crippen LogP contribution in [0.3, 0.4) is 0 Å². The van der Waals surface area contributed by atoms with E-state index in [1.807, 2.05) is 24.3 Å². The zero-order valence-corrected chi connectivity index (χ0v) is 14.4. The Balaban J connectivity index is 2.04. The molecule has 0 spiro atoms. The number of furan rings is 1. The van der Waals surface area contributed by atoms with Crippen LogP contribution >= 0.6 is 0 Å². The van der Waals surface area contributed by atoms with Crippen molar-refractivity contribution in [3.8, 4) is 0 Å². The Morgan fingerprint density at radius 3 is 2.48 bits per heavy atom. The van der Waals surface area contributed by atoms with E-state index in [9.17, 15) is 14.7 Å². The minimum atomic E-state index is -0.601. The second-order valence-electron chi connectivity index (χ2n) is 6.05. The van der Waals surface area contributed by atoms with Crippen LogP contribution in [0, 0.1) is 0 Å². The van der Waals surface area contributed by atoms with E-state index in [-0.39, 0.29) is 24.3 Å². The topological polar surface area (TPSA) is 70.8 Å². The minimum Gasteiger partial charge on any atom is -0.503 e. The number of Topliss-reactive ketones (excluding diaryl/α,β-unsaturated/α-hetero) is 1. The number of aryl methyl sites for hydroxylation is 1. The van der Waals surface area contributed by atoms with E-state index in [0.29, 0.717) is 5.76 Å². The maximum absolute atomic E-state index is 12.6. The number of carbonyl (C=O) groups is 2. The summed E-state index contributed by atoms with van der Waals surface area (Å²) in [6.45, 7) is 3.98. The van der Waals surface area contributed by atoms with Gasteiger partial charge in [-0.15, -0.1) is 0 Å². The predicted molar refractivity (Wildman–Crippen MR) is 92.8 cm³/mol. The summed E-state index contributed by atoms with van der Waals surface area (Å²) in [6.07, 6.45) is 2.67. The third-order valence-electron chi connectivity index (χ3n) is 4.54. The van der Waals surface area contributed by atoms with Crippen molar-refractivity contribution in [2.45, 2.75) is 39.3 Å². The fourth-order valence-electron chi connectivity index (χ4n) is 3.14. The Labute approximate surface area is 146 Å². The SMILES string of the molecule is CCC(=O)C1=C(O)C(=O)N(Cc2ccco2)C1c1ccc(CC)cc1. The summed E-state index contributed by atoms with van der Waals surface area (Å²) >= 11 is 0. The van der Waals surface area contributed by atoms with E-state index in [0.717, 1.165) is 12.0 Å². The van der Waals surface area contributed by atoms with Gasteiger partial charge in [-0.2, -0.15) is 0 Å². The summed E-state index contributed by atoms with van der Waals surface area (Å²) in [4.78, 5) is 26.5. The normalized spacial score (nSPS) is 17.4. The van der Waals surface area contributed by atoms with Crippen LogP contribution < -0.4 is 0 Å². The van der Waals surface area contributed by atoms with Crippen LogP contribution in [0.25, 0.3) is 0 Å². The van der Waals surface area contributed by atoms with Gasteiger partial charge < -0.3 is 14.4 Å². The number of benzene rings is 1. The van der Waals surface area contributed by atoms with Crippen molar-refractivity contribution in [3.63, 3.8) is 0 Å². The molecule has 1 unspecified atom stereocenters. The van der Waals surface area contributed by atoms with Gasteiger partial charge in [-0.1, -0.05) is 38.1 Å². The molecule has 0 fully saturated rings. The molecule has 2 heterocycles. The number of aliphatic hydroxyl groups excluding tert-OH is 1. The molecule has 1 N–H and O–H groups in total. The largest absolute Gasteiger partial charge is 0.503 e. The van der Waals surface area contributed by atoms with Gasteiger partial charge in [-0.3, -0.25) is 9.59 Å². The maximum atomic E-state index is 12.6. The van der Waals surface area contributed by atoms with Gasteiger partial charge in [0.2, 0.25) is 0 Å². The van der Waals surface area contributed by atoms with Crippen LogP contribution in [0.2, 0.25) is 0 Å². The number of amides is 1. The van der Waals surface area contributed by atoms with Crippen LogP contribution in [0.15, 0.2) is 58.4 Å². The monoisotopic (exact) mass is 339 g/mol. The highest BCUT2D eigenvalue weighted by atomic mass is 16.3. The van der Waals surface area contributed by atoms with Gasteiger partial charge in [0.15, 0.2) is 11.5 Å². The van der Waals surface area contributed by atoms with Gasteiger partial charge in [0.25, 0.3) is 5.91 Å². The van der Waals surface area contributed by atoms with Crippen molar-refractivity contribution in [1.29, 1.82) is 0 Å². The molecule has 1 aliphatic rings. The number of hydrogen-bond donors (Lipinski definition) is 1. The Bertz CT molecular complexity index is 803. The molecule has 0 aliphatic carbocycles. The lowest BCUT2D eigenvalue weighted by Gasteiger charge is -2.26. The fourth-order valence-corrected chi connectivity index (χ4v) is 3.14. The number of ketones is 1. The Morgan fingerprint density at radius 1 is 1.20 bits per heavy atom. The average Bonchev–Trinajstić information content (AvgIpc) is 3.23. The van der Waals surface area contributed by atoms with E-state index >= 15 is 0 Å². The fraction of sp³-hybridized carbons (Fsp3) is 0.300. The first-order chi connectivity index (χ1) is 12.1. The molecular weight excluding hydrogens is 318 g/mol. The number of hydrogen-bond acceptors (Lipinski definition) is 4. The predicted octanol–water partition coefficient (Wildman–Crippen LogP) is 3.72. The summed E-state index contributed by atoms with van der Waals surface area (Å²) in [5, 5.41) is 10.3. The molecule has 25 heavy (non-hydrogen) atoms. The number of aliphatic hydroxyl groups is 1. The van der Waals surface area contributed by atoms with E-state index in [4.69, 9.17) is 4.42 Å². The van der Waals surface area contributed by atoms with Gasteiger partial charge in [0.05, 0.1) is 24.4 Å². The third-order valence-corrected chi connectivity index (χ3v) is 4.54. The second kappa shape index (κ2) is 6.97. The molecule has 5 nitrogen and oxygen atoms in total. The summed E-state index contributed by atoms with van der Waals surface area (Å²) in [5.74, 6) is -0.625. The van der Waals surface area contributed by atoms with Crippen molar-refractivity contribution in [1.82, 2.24) is 4.90 Å². The van der Waals surface area contributed by atoms with E-state index in [1.165, 1.54) is 16.7 Å². The molecule has 130 valence electrons. The molecule has 1 atom stereocenters. The molecule has 0 saturated carbocycles. The van der Waals surface area contributed by atoms with Gasteiger partial charge in [-0.05, 0) is 29.7 Å². The smallest absolute Gasteiger partial charge is 0.290 e. The highest BCUT2D eigenvalue weighted by Crippen LogP contribution is 2.39. The lowest BCUT2D eigenvalue weighted by Crippen LogP contribution is -2.30. The van der Waals surface area contributed by atoms with E-state index in [1.54, 1.807) is 19.1 Å². The van der Waals surface area contributed by atoms with Gasteiger partial charge >= 0.3 is 0 Å². The summed E-state index contributed by atoms with van der Waals surface area (Å²) in [5.41, 5.74) is 2.14. The van der Waals surface area contributed by atoms with Gasteiger partial charge in [0, 0.05) is 6.42 Å². The van der Waals surface area contributed by atoms with E-state index < -0.39 is 17.7 Å². The van der Waals surface area contributed by atoms with Crippen LogP contribution in [0.5, 0.6) is 0 Å². The molecule has 1 aliphatic heterocycles. The first-order valence-electron chi connectivity index (χ1n) is 8.45. The zero-order valence-electron chi connectivity index (χ0n) is 14.4. The van der Waals surface area contributed by atoms with Gasteiger partial charge in [-0.25, -0.2) is 0 Å². The highest BCUT2D eigenvalue weighted by molar-refractivity contribution is 6.08. The van der Waals surface area contributed by atoms with Crippen LogP contribution in [0.1, 0.15) is 43.2 Å². The molecule has 0 radical (unpaired) electrons. The average molecular weight is 339 g/mol.